The van der Waals surface area contributed by atoms with Crippen molar-refractivity contribution in [1.29, 1.82) is 0 Å². The number of carboxylic acids is 1. The molecule has 0 aliphatic rings. The van der Waals surface area contributed by atoms with Gasteiger partial charge in [-0.2, -0.15) is 11.8 Å². The minimum atomic E-state index is -1.08. The van der Waals surface area contributed by atoms with Crippen LogP contribution < -0.4 is 15.7 Å². The summed E-state index contributed by atoms with van der Waals surface area (Å²) in [4.78, 5) is 35.3. The van der Waals surface area contributed by atoms with Gasteiger partial charge in [0.05, 0.1) is 0 Å². The molecule has 2 aromatic carbocycles. The van der Waals surface area contributed by atoms with Crippen LogP contribution in [0.15, 0.2) is 63.8 Å². The first-order valence-corrected chi connectivity index (χ1v) is 10.6. The monoisotopic (exact) mass is 427 g/mol. The van der Waals surface area contributed by atoms with E-state index >= 15 is 0 Å². The number of fused-ring (bicyclic) bond motifs is 1. The van der Waals surface area contributed by atoms with Crippen LogP contribution >= 0.6 is 11.8 Å². The number of aliphatic carboxylic acids is 1. The number of nitrogens with one attached hydrogen (secondary N) is 1. The predicted molar refractivity (Wildman–Crippen MR) is 116 cm³/mol. The molecule has 1 heterocycles. The summed E-state index contributed by atoms with van der Waals surface area (Å²) in [7, 11) is 0. The zero-order valence-corrected chi connectivity index (χ0v) is 17.1. The van der Waals surface area contributed by atoms with Crippen molar-refractivity contribution in [1.82, 2.24) is 5.32 Å². The molecule has 30 heavy (non-hydrogen) atoms. The summed E-state index contributed by atoms with van der Waals surface area (Å²) >= 11 is 1.50. The molecule has 0 saturated carbocycles. The van der Waals surface area contributed by atoms with Crippen LogP contribution in [0, 0.1) is 0 Å². The lowest BCUT2D eigenvalue weighted by atomic mass is 10.0. The van der Waals surface area contributed by atoms with Gasteiger partial charge >= 0.3 is 11.6 Å². The van der Waals surface area contributed by atoms with Crippen molar-refractivity contribution in [2.24, 2.45) is 0 Å². The maximum absolute atomic E-state index is 12.1. The van der Waals surface area contributed by atoms with Crippen molar-refractivity contribution in [3.8, 4) is 16.9 Å². The standard InChI is InChI=1S/C22H21NO6S/c1-30-10-9-18(22(26)27)23-20(24)13-28-15-7-8-16-17(14-5-3-2-4-6-14)12-21(25)29-19(16)11-15/h2-8,11-12,18H,9-10,13H2,1H3,(H,23,24)(H,26,27)/t18-/m0/s1. The number of carboxylic acid groups (broad SMARTS) is 1. The van der Waals surface area contributed by atoms with Gasteiger partial charge in [-0.05, 0) is 41.7 Å². The van der Waals surface area contributed by atoms with Gasteiger partial charge in [0.1, 0.15) is 17.4 Å². The van der Waals surface area contributed by atoms with Crippen molar-refractivity contribution in [3.63, 3.8) is 0 Å². The highest BCUT2D eigenvalue weighted by Crippen LogP contribution is 2.29. The van der Waals surface area contributed by atoms with E-state index in [2.05, 4.69) is 5.32 Å². The number of amides is 1. The summed E-state index contributed by atoms with van der Waals surface area (Å²) in [5.41, 5.74) is 1.47. The Balaban J connectivity index is 1.74. The van der Waals surface area contributed by atoms with Gasteiger partial charge in [-0.15, -0.1) is 0 Å². The highest BCUT2D eigenvalue weighted by molar-refractivity contribution is 7.98. The van der Waals surface area contributed by atoms with Crippen LogP contribution in [0.4, 0.5) is 0 Å². The molecular formula is C22H21NO6S. The van der Waals surface area contributed by atoms with Crippen molar-refractivity contribution < 1.29 is 23.8 Å². The molecule has 0 saturated heterocycles. The molecule has 0 aliphatic heterocycles. The Morgan fingerprint density at radius 1 is 1.17 bits per heavy atom. The quantitative estimate of drug-likeness (QED) is 0.505. The Morgan fingerprint density at radius 2 is 1.93 bits per heavy atom. The SMILES string of the molecule is CSCC[C@H](NC(=O)COc1ccc2c(-c3ccccc3)cc(=O)oc2c1)C(=O)O. The lowest BCUT2D eigenvalue weighted by Crippen LogP contribution is -2.43. The molecule has 0 fully saturated rings. The Kier molecular flexibility index (Phi) is 7.13. The third kappa shape index (κ3) is 5.42. The number of hydrogen-bond donors (Lipinski definition) is 2. The Labute approximate surface area is 177 Å². The Hall–Kier alpha value is -3.26. The summed E-state index contributed by atoms with van der Waals surface area (Å²) in [5.74, 6) is -0.672. The van der Waals surface area contributed by atoms with Crippen LogP contribution in [0.25, 0.3) is 22.1 Å². The summed E-state index contributed by atoms with van der Waals surface area (Å²) < 4.78 is 10.8. The minimum absolute atomic E-state index is 0.325. The van der Waals surface area contributed by atoms with Crippen LogP contribution in [0.1, 0.15) is 6.42 Å². The first-order chi connectivity index (χ1) is 14.5. The smallest absolute Gasteiger partial charge is 0.336 e. The topological polar surface area (TPSA) is 106 Å². The Bertz CT molecular complexity index is 1100. The van der Waals surface area contributed by atoms with Crippen LogP contribution in [0.2, 0.25) is 0 Å². The van der Waals surface area contributed by atoms with Gasteiger partial charge in [0, 0.05) is 17.5 Å². The summed E-state index contributed by atoms with van der Waals surface area (Å²) in [6.45, 7) is -0.350. The van der Waals surface area contributed by atoms with Crippen molar-refractivity contribution in [2.45, 2.75) is 12.5 Å². The second-order valence-electron chi connectivity index (χ2n) is 6.53. The molecule has 0 bridgehead atoms. The van der Waals surface area contributed by atoms with Gasteiger partial charge in [0.15, 0.2) is 6.61 Å². The minimum Gasteiger partial charge on any atom is -0.484 e. The second-order valence-corrected chi connectivity index (χ2v) is 7.52. The number of rotatable bonds is 9. The molecule has 0 radical (unpaired) electrons. The molecule has 1 atom stereocenters. The maximum Gasteiger partial charge on any atom is 0.336 e. The number of hydrogen-bond acceptors (Lipinski definition) is 6. The molecule has 0 spiro atoms. The van der Waals surface area contributed by atoms with E-state index in [1.165, 1.54) is 17.8 Å². The predicted octanol–water partition coefficient (Wildman–Crippen LogP) is 3.16. The van der Waals surface area contributed by atoms with Gasteiger partial charge < -0.3 is 19.6 Å². The van der Waals surface area contributed by atoms with Gasteiger partial charge in [0.2, 0.25) is 0 Å². The number of ether oxygens (including phenoxy) is 1. The molecule has 156 valence electrons. The number of carbonyl (C=O) groups is 2. The molecule has 1 amide bonds. The largest absolute Gasteiger partial charge is 0.484 e. The molecule has 2 N–H and O–H groups in total. The number of benzene rings is 2. The normalized spacial score (nSPS) is 11.8. The van der Waals surface area contributed by atoms with Gasteiger partial charge in [-0.1, -0.05) is 30.3 Å². The first-order valence-electron chi connectivity index (χ1n) is 9.25. The lowest BCUT2D eigenvalue weighted by molar-refractivity contribution is -0.142. The van der Waals surface area contributed by atoms with E-state index in [9.17, 15) is 19.5 Å². The molecule has 1 aromatic heterocycles. The third-order valence-corrected chi connectivity index (χ3v) is 5.06. The maximum atomic E-state index is 12.1. The molecule has 0 unspecified atom stereocenters. The van der Waals surface area contributed by atoms with E-state index in [4.69, 9.17) is 9.15 Å². The fourth-order valence-corrected chi connectivity index (χ4v) is 3.44. The zero-order valence-electron chi connectivity index (χ0n) is 16.3. The first kappa shape index (κ1) is 21.4. The van der Waals surface area contributed by atoms with E-state index in [-0.39, 0.29) is 6.61 Å². The molecule has 0 aliphatic carbocycles. The van der Waals surface area contributed by atoms with Crippen LogP contribution in [0.5, 0.6) is 5.75 Å². The molecular weight excluding hydrogens is 406 g/mol. The van der Waals surface area contributed by atoms with E-state index in [0.717, 1.165) is 16.5 Å². The van der Waals surface area contributed by atoms with Crippen molar-refractivity contribution >= 4 is 34.6 Å². The Morgan fingerprint density at radius 3 is 2.63 bits per heavy atom. The van der Waals surface area contributed by atoms with Crippen molar-refractivity contribution in [3.05, 3.63) is 65.0 Å². The second kappa shape index (κ2) is 9.98. The fourth-order valence-electron chi connectivity index (χ4n) is 2.97. The fraction of sp³-hybridized carbons (Fsp3) is 0.227. The van der Waals surface area contributed by atoms with Crippen LogP contribution in [-0.4, -0.2) is 41.6 Å². The summed E-state index contributed by atoms with van der Waals surface area (Å²) in [6, 6.07) is 14.9. The van der Waals surface area contributed by atoms with Gasteiger partial charge in [-0.3, -0.25) is 4.79 Å². The van der Waals surface area contributed by atoms with Crippen LogP contribution in [-0.2, 0) is 9.59 Å². The summed E-state index contributed by atoms with van der Waals surface area (Å²) in [5, 5.41) is 12.4. The molecule has 3 aromatic rings. The molecule has 7 nitrogen and oxygen atoms in total. The lowest BCUT2D eigenvalue weighted by Gasteiger charge is -2.14. The average molecular weight is 427 g/mol. The highest BCUT2D eigenvalue weighted by atomic mass is 32.2. The number of carbonyl (C=O) groups excluding carboxylic acids is 1. The highest BCUT2D eigenvalue weighted by Gasteiger charge is 2.19. The summed E-state index contributed by atoms with van der Waals surface area (Å²) in [6.07, 6.45) is 2.19. The van der Waals surface area contributed by atoms with Crippen LogP contribution in [0.3, 0.4) is 0 Å². The average Bonchev–Trinajstić information content (AvgIpc) is 2.74. The zero-order chi connectivity index (χ0) is 21.5. The molecule has 8 heteroatoms. The van der Waals surface area contributed by atoms with E-state index in [0.29, 0.717) is 23.5 Å². The van der Waals surface area contributed by atoms with E-state index in [1.807, 2.05) is 36.6 Å². The van der Waals surface area contributed by atoms with E-state index in [1.54, 1.807) is 18.2 Å². The van der Waals surface area contributed by atoms with Gasteiger partial charge in [-0.25, -0.2) is 9.59 Å². The van der Waals surface area contributed by atoms with Gasteiger partial charge in [0.25, 0.3) is 5.91 Å². The third-order valence-electron chi connectivity index (χ3n) is 4.41. The van der Waals surface area contributed by atoms with E-state index < -0.39 is 23.5 Å². The molecule has 3 rings (SSSR count). The van der Waals surface area contributed by atoms with Crippen molar-refractivity contribution in [2.75, 3.05) is 18.6 Å². The number of thioether (sulfide) groups is 1.